The van der Waals surface area contributed by atoms with Crippen molar-refractivity contribution >= 4 is 84.7 Å². The molecule has 0 atom stereocenters. The Morgan fingerprint density at radius 3 is 2.27 bits per heavy atom. The normalized spacial score (nSPS) is 18.4. The van der Waals surface area contributed by atoms with Crippen LogP contribution in [0.3, 0.4) is 0 Å². The Balaban J connectivity index is 3.27. The predicted octanol–water partition coefficient (Wildman–Crippen LogP) is 8.34. The van der Waals surface area contributed by atoms with Crippen LogP contribution in [0.4, 0.5) is 0 Å². The van der Waals surface area contributed by atoms with Crippen LogP contribution >= 0.6 is 47.9 Å². The molecular weight excluding hydrogens is 606 g/mol. The molecule has 0 aromatic heterocycles. The first-order valence-electron chi connectivity index (χ1n) is 8.88. The summed E-state index contributed by atoms with van der Waals surface area (Å²) in [5, 5.41) is 0. The average molecular weight is 640 g/mol. The van der Waals surface area contributed by atoms with E-state index in [0.29, 0.717) is 0 Å². The van der Waals surface area contributed by atoms with Crippen LogP contribution < -0.4 is 0 Å². The molecule has 1 rings (SSSR count). The second kappa shape index (κ2) is 11.2. The molecule has 0 spiro atoms. The molecule has 0 aromatic carbocycles. The summed E-state index contributed by atoms with van der Waals surface area (Å²) in [6.07, 6.45) is 10.4. The molecule has 0 aliphatic heterocycles. The molecule has 0 saturated heterocycles. The summed E-state index contributed by atoms with van der Waals surface area (Å²) in [6, 6.07) is 0. The van der Waals surface area contributed by atoms with Crippen LogP contribution in [0.25, 0.3) is 0 Å². The molecule has 26 heavy (non-hydrogen) atoms. The van der Waals surface area contributed by atoms with Crippen molar-refractivity contribution in [1.82, 2.24) is 0 Å². The van der Waals surface area contributed by atoms with Gasteiger partial charge in [-0.2, -0.15) is 0 Å². The molecule has 0 unspecified atom stereocenters. The third-order valence-corrected chi connectivity index (χ3v) is 25.4. The van der Waals surface area contributed by atoms with E-state index in [0.717, 1.165) is 11.3 Å². The summed E-state index contributed by atoms with van der Waals surface area (Å²) in [4.78, 5) is 17.5. The van der Waals surface area contributed by atoms with E-state index in [9.17, 15) is 0 Å². The van der Waals surface area contributed by atoms with Crippen molar-refractivity contribution in [2.24, 2.45) is 0 Å². The molecule has 0 radical (unpaired) electrons. The van der Waals surface area contributed by atoms with E-state index in [1.165, 1.54) is 27.0 Å². The number of allylic oxidation sites excluding steroid dienone is 7. The van der Waals surface area contributed by atoms with E-state index in [-0.39, 0.29) is 0 Å². The first-order valence-corrected chi connectivity index (χ1v) is 32.9. The zero-order valence-corrected chi connectivity index (χ0v) is 26.6. The zero-order valence-electron chi connectivity index (χ0n) is 17.5. The quantitative estimate of drug-likeness (QED) is 0.210. The van der Waals surface area contributed by atoms with Crippen LogP contribution in [0.5, 0.6) is 0 Å². The fraction of sp³-hybridized carbons (Fsp3) is 0.500. The molecule has 0 bridgehead atoms. The molecule has 0 nitrogen and oxygen atoms in total. The van der Waals surface area contributed by atoms with Gasteiger partial charge in [0, 0.05) is 0 Å². The van der Waals surface area contributed by atoms with Gasteiger partial charge in [-0.1, -0.05) is 0 Å². The second-order valence-corrected chi connectivity index (χ2v) is 45.5. The van der Waals surface area contributed by atoms with Crippen molar-refractivity contribution in [3.63, 3.8) is 0 Å². The number of thioether (sulfide) groups is 3. The monoisotopic (exact) mass is 642 g/mol. The first kappa shape index (κ1) is 25.7. The van der Waals surface area contributed by atoms with Crippen LogP contribution in [0, 0.1) is 0 Å². The van der Waals surface area contributed by atoms with E-state index in [2.05, 4.69) is 79.4 Å². The summed E-state index contributed by atoms with van der Waals surface area (Å²) in [7, 11) is 0. The summed E-state index contributed by atoms with van der Waals surface area (Å²) < 4.78 is 4.05. The Morgan fingerprint density at radius 1 is 1.19 bits per heavy atom. The molecule has 1 aliphatic rings. The molecule has 6 heteroatoms. The Morgan fingerprint density at radius 2 is 1.81 bits per heavy atom. The summed E-state index contributed by atoms with van der Waals surface area (Å²) in [5.74, 6) is 0. The van der Waals surface area contributed by atoms with Gasteiger partial charge in [0.05, 0.1) is 0 Å². The van der Waals surface area contributed by atoms with Crippen LogP contribution in [-0.2, 0) is 0 Å². The van der Waals surface area contributed by atoms with Crippen LogP contribution in [-0.4, -0.2) is 46.8 Å². The van der Waals surface area contributed by atoms with Gasteiger partial charge in [0.15, 0.2) is 0 Å². The molecule has 0 N–H and O–H groups in total. The van der Waals surface area contributed by atoms with Crippen molar-refractivity contribution < 1.29 is 0 Å². The van der Waals surface area contributed by atoms with E-state index in [1.807, 2.05) is 11.8 Å². The molecule has 0 fully saturated rings. The van der Waals surface area contributed by atoms with E-state index in [4.69, 9.17) is 12.6 Å². The van der Waals surface area contributed by atoms with Gasteiger partial charge in [-0.3, -0.25) is 0 Å². The number of thiol groups is 1. The van der Waals surface area contributed by atoms with Crippen molar-refractivity contribution in [2.45, 2.75) is 43.0 Å². The Hall–Kier alpha value is 1.70. The first-order chi connectivity index (χ1) is 11.8. The van der Waals surface area contributed by atoms with Crippen molar-refractivity contribution in [1.29, 1.82) is 0 Å². The van der Waals surface area contributed by atoms with Gasteiger partial charge in [-0.15, -0.1) is 0 Å². The van der Waals surface area contributed by atoms with Crippen molar-refractivity contribution in [3.05, 3.63) is 52.9 Å². The third kappa shape index (κ3) is 9.95. The van der Waals surface area contributed by atoms with Crippen LogP contribution in [0.15, 0.2) is 52.9 Å². The predicted molar refractivity (Wildman–Crippen MR) is 140 cm³/mol. The van der Waals surface area contributed by atoms with Gasteiger partial charge in [0.25, 0.3) is 0 Å². The van der Waals surface area contributed by atoms with Crippen LogP contribution in [0.2, 0.25) is 29.6 Å². The molecular formula is C20H34S4Sn2. The van der Waals surface area contributed by atoms with Crippen molar-refractivity contribution in [3.8, 4) is 0 Å². The van der Waals surface area contributed by atoms with Crippen LogP contribution in [0.1, 0.15) is 13.3 Å². The van der Waals surface area contributed by atoms with E-state index >= 15 is 0 Å². The van der Waals surface area contributed by atoms with Gasteiger partial charge in [0.1, 0.15) is 0 Å². The maximum absolute atomic E-state index is 4.87. The number of hydrogen-bond acceptors (Lipinski definition) is 4. The molecule has 0 aromatic rings. The molecule has 1 aliphatic carbocycles. The number of rotatable bonds is 8. The van der Waals surface area contributed by atoms with Gasteiger partial charge in [-0.05, 0) is 0 Å². The fourth-order valence-corrected chi connectivity index (χ4v) is 12.1. The third-order valence-electron chi connectivity index (χ3n) is 3.50. The SMILES string of the molecule is C=C(C)S/C(SC)=C1C=C(/C=[C](\S)[Sn]([CH3])([CH3])[CH3])CC(S[CH2][Sn]([CH3])([CH3])[CH3])=C/1. The Kier molecular flexibility index (Phi) is 11.1. The molecule has 0 heterocycles. The van der Waals surface area contributed by atoms with Gasteiger partial charge < -0.3 is 0 Å². The number of hydrogen-bond donors (Lipinski definition) is 1. The van der Waals surface area contributed by atoms with Gasteiger partial charge in [-0.25, -0.2) is 0 Å². The zero-order chi connectivity index (χ0) is 20.1. The average Bonchev–Trinajstić information content (AvgIpc) is 2.48. The van der Waals surface area contributed by atoms with E-state index in [1.54, 1.807) is 11.8 Å². The van der Waals surface area contributed by atoms with Gasteiger partial charge >= 0.3 is 191 Å². The maximum atomic E-state index is 4.87. The minimum atomic E-state index is -2.11. The summed E-state index contributed by atoms with van der Waals surface area (Å²) in [6.45, 7) is 6.17. The molecule has 0 amide bonds. The topological polar surface area (TPSA) is 0 Å². The standard InChI is InChI=1S/C14H16S4.6CH3.2Sn/c1-10(2)18-14(17-4)12-7-11(5-6-15)8-13(9-12)16-3;;;;;;;;/h5,7,9,15H,1,3,8H2,2,4H3;6*1H3;;/b6-5?,14-12-;;;;;;;;. The second-order valence-electron chi connectivity index (χ2n) is 8.89. The van der Waals surface area contributed by atoms with Gasteiger partial charge in [0.2, 0.25) is 0 Å². The summed E-state index contributed by atoms with van der Waals surface area (Å²) >= 11 is 6.68. The Bertz CT molecular complexity index is 656. The minimum absolute atomic E-state index is 1.06. The molecule has 0 saturated carbocycles. The Labute approximate surface area is 188 Å². The fourth-order valence-electron chi connectivity index (χ4n) is 2.10. The molecule has 146 valence electrons. The summed E-state index contributed by atoms with van der Waals surface area (Å²) in [5.41, 5.74) is 2.76. The van der Waals surface area contributed by atoms with Crippen molar-refractivity contribution in [2.75, 3.05) is 10.0 Å². The van der Waals surface area contributed by atoms with E-state index < -0.39 is 36.8 Å².